The van der Waals surface area contributed by atoms with E-state index in [4.69, 9.17) is 4.74 Å². The zero-order valence-corrected chi connectivity index (χ0v) is 18.4. The van der Waals surface area contributed by atoms with Gasteiger partial charge in [-0.05, 0) is 70.9 Å². The molecule has 1 aliphatic rings. The molecule has 1 aromatic heterocycles. The van der Waals surface area contributed by atoms with Crippen LogP contribution in [0.5, 0.6) is 0 Å². The molecule has 1 saturated heterocycles. The number of carbonyl (C=O) groups is 2. The van der Waals surface area contributed by atoms with Gasteiger partial charge in [-0.3, -0.25) is 9.88 Å². The van der Waals surface area contributed by atoms with Crippen molar-refractivity contribution in [1.29, 1.82) is 0 Å². The summed E-state index contributed by atoms with van der Waals surface area (Å²) in [5.41, 5.74) is 1.30. The molecule has 0 radical (unpaired) electrons. The van der Waals surface area contributed by atoms with Gasteiger partial charge in [-0.1, -0.05) is 6.07 Å². The molecule has 2 heterocycles. The minimum atomic E-state index is -0.566. The molecule has 3 rings (SSSR count). The van der Waals surface area contributed by atoms with Crippen molar-refractivity contribution < 1.29 is 18.7 Å². The topological polar surface area (TPSA) is 74.8 Å². The molecular weight excluding hydrogens is 399 g/mol. The van der Waals surface area contributed by atoms with Crippen molar-refractivity contribution in [2.45, 2.75) is 52.2 Å². The lowest BCUT2D eigenvalue weighted by Gasteiger charge is -2.38. The Kier molecular flexibility index (Phi) is 6.77. The summed E-state index contributed by atoms with van der Waals surface area (Å²) >= 11 is 0. The number of amides is 3. The molecule has 31 heavy (non-hydrogen) atoms. The SMILES string of the molecule is Cc1ccc(NC(=O)N(c2cccc(F)c2)C2CCN(C(=O)OC(C)(C)C)CC2)cn1. The number of piperidine rings is 1. The van der Waals surface area contributed by atoms with E-state index in [0.717, 1.165) is 5.69 Å². The number of hydrogen-bond acceptors (Lipinski definition) is 4. The Morgan fingerprint density at radius 2 is 1.90 bits per heavy atom. The van der Waals surface area contributed by atoms with Crippen LogP contribution in [-0.2, 0) is 4.74 Å². The van der Waals surface area contributed by atoms with E-state index in [1.807, 2.05) is 33.8 Å². The molecule has 1 N–H and O–H groups in total. The third-order valence-electron chi connectivity index (χ3n) is 4.95. The summed E-state index contributed by atoms with van der Waals surface area (Å²) in [6.45, 7) is 8.24. The van der Waals surface area contributed by atoms with Crippen LogP contribution in [0.3, 0.4) is 0 Å². The lowest BCUT2D eigenvalue weighted by Crippen LogP contribution is -2.51. The average Bonchev–Trinajstić information content (AvgIpc) is 2.69. The Labute approximate surface area is 182 Å². The van der Waals surface area contributed by atoms with Crippen LogP contribution in [0.15, 0.2) is 42.6 Å². The fourth-order valence-corrected chi connectivity index (χ4v) is 3.48. The van der Waals surface area contributed by atoms with Crippen molar-refractivity contribution in [2.24, 2.45) is 0 Å². The summed E-state index contributed by atoms with van der Waals surface area (Å²) in [7, 11) is 0. The smallest absolute Gasteiger partial charge is 0.410 e. The van der Waals surface area contributed by atoms with Gasteiger partial charge in [0.2, 0.25) is 0 Å². The van der Waals surface area contributed by atoms with Crippen molar-refractivity contribution in [3.63, 3.8) is 0 Å². The number of aryl methyl sites for hydroxylation is 1. The fourth-order valence-electron chi connectivity index (χ4n) is 3.48. The van der Waals surface area contributed by atoms with Crippen LogP contribution in [0.25, 0.3) is 0 Å². The van der Waals surface area contributed by atoms with E-state index in [9.17, 15) is 14.0 Å². The van der Waals surface area contributed by atoms with Crippen LogP contribution < -0.4 is 10.2 Å². The molecule has 0 bridgehead atoms. The number of ether oxygens (including phenoxy) is 1. The molecule has 0 unspecified atom stereocenters. The molecule has 0 aliphatic carbocycles. The number of halogens is 1. The number of hydrogen-bond donors (Lipinski definition) is 1. The molecule has 0 saturated carbocycles. The Morgan fingerprint density at radius 3 is 2.48 bits per heavy atom. The first kappa shape index (κ1) is 22.5. The number of aromatic nitrogens is 1. The fraction of sp³-hybridized carbons (Fsp3) is 0.435. The van der Waals surface area contributed by atoms with Gasteiger partial charge in [0.1, 0.15) is 11.4 Å². The average molecular weight is 429 g/mol. The Bertz CT molecular complexity index is 919. The van der Waals surface area contributed by atoms with E-state index in [2.05, 4.69) is 10.3 Å². The standard InChI is InChI=1S/C23H29FN4O3/c1-16-8-9-18(15-25-16)26-21(29)28(20-7-5-6-17(24)14-20)19-10-12-27(13-11-19)22(30)31-23(2,3)4/h5-9,14-15,19H,10-13H2,1-4H3,(H,26,29). The van der Waals surface area contributed by atoms with E-state index in [-0.39, 0.29) is 18.2 Å². The molecule has 8 heteroatoms. The summed E-state index contributed by atoms with van der Waals surface area (Å²) < 4.78 is 19.4. The minimum absolute atomic E-state index is 0.195. The Morgan fingerprint density at radius 1 is 1.19 bits per heavy atom. The molecule has 166 valence electrons. The number of benzene rings is 1. The lowest BCUT2D eigenvalue weighted by molar-refractivity contribution is 0.0206. The molecule has 0 spiro atoms. The van der Waals surface area contributed by atoms with Gasteiger partial charge in [0, 0.05) is 30.5 Å². The highest BCUT2D eigenvalue weighted by molar-refractivity contribution is 6.02. The molecular formula is C23H29FN4O3. The van der Waals surface area contributed by atoms with E-state index in [0.29, 0.717) is 37.3 Å². The summed E-state index contributed by atoms with van der Waals surface area (Å²) in [4.78, 5) is 32.9. The van der Waals surface area contributed by atoms with Crippen LogP contribution in [0.1, 0.15) is 39.3 Å². The number of carbonyl (C=O) groups excluding carboxylic acids is 2. The second kappa shape index (κ2) is 9.32. The lowest BCUT2D eigenvalue weighted by atomic mass is 10.0. The van der Waals surface area contributed by atoms with Crippen molar-refractivity contribution in [3.8, 4) is 0 Å². The first-order valence-corrected chi connectivity index (χ1v) is 10.4. The van der Waals surface area contributed by atoms with E-state index in [1.165, 1.54) is 12.1 Å². The maximum Gasteiger partial charge on any atom is 0.410 e. The Hall–Kier alpha value is -3.16. The first-order chi connectivity index (χ1) is 14.6. The third kappa shape index (κ3) is 6.16. The van der Waals surface area contributed by atoms with Gasteiger partial charge in [-0.25, -0.2) is 14.0 Å². The second-order valence-corrected chi connectivity index (χ2v) is 8.67. The number of pyridine rings is 1. The van der Waals surface area contributed by atoms with E-state index < -0.39 is 11.4 Å². The number of anilines is 2. The number of nitrogens with one attached hydrogen (secondary N) is 1. The van der Waals surface area contributed by atoms with Crippen molar-refractivity contribution in [2.75, 3.05) is 23.3 Å². The summed E-state index contributed by atoms with van der Waals surface area (Å²) in [6, 6.07) is 8.98. The van der Waals surface area contributed by atoms with E-state index >= 15 is 0 Å². The maximum atomic E-state index is 13.9. The van der Waals surface area contributed by atoms with Gasteiger partial charge in [0.05, 0.1) is 11.9 Å². The molecule has 3 amide bonds. The number of rotatable bonds is 3. The number of likely N-dealkylation sites (tertiary alicyclic amines) is 1. The van der Waals surface area contributed by atoms with Crippen LogP contribution in [0, 0.1) is 12.7 Å². The molecule has 1 aliphatic heterocycles. The first-order valence-electron chi connectivity index (χ1n) is 10.4. The van der Waals surface area contributed by atoms with Crippen molar-refractivity contribution in [3.05, 3.63) is 54.1 Å². The van der Waals surface area contributed by atoms with Crippen LogP contribution in [-0.4, -0.2) is 46.7 Å². The summed E-state index contributed by atoms with van der Waals surface area (Å²) in [6.07, 6.45) is 2.32. The maximum absolute atomic E-state index is 13.9. The van der Waals surface area contributed by atoms with Crippen molar-refractivity contribution in [1.82, 2.24) is 9.88 Å². The minimum Gasteiger partial charge on any atom is -0.444 e. The molecule has 0 atom stereocenters. The molecule has 7 nitrogen and oxygen atoms in total. The Balaban J connectivity index is 1.75. The monoisotopic (exact) mass is 428 g/mol. The molecule has 2 aromatic rings. The van der Waals surface area contributed by atoms with Crippen molar-refractivity contribution >= 4 is 23.5 Å². The zero-order valence-electron chi connectivity index (χ0n) is 18.4. The van der Waals surface area contributed by atoms with Crippen LogP contribution in [0.2, 0.25) is 0 Å². The molecule has 1 aromatic carbocycles. The second-order valence-electron chi connectivity index (χ2n) is 8.67. The largest absolute Gasteiger partial charge is 0.444 e. The highest BCUT2D eigenvalue weighted by atomic mass is 19.1. The third-order valence-corrected chi connectivity index (χ3v) is 4.95. The predicted molar refractivity (Wildman–Crippen MR) is 118 cm³/mol. The highest BCUT2D eigenvalue weighted by Gasteiger charge is 2.32. The van der Waals surface area contributed by atoms with Gasteiger partial charge in [0.15, 0.2) is 0 Å². The van der Waals surface area contributed by atoms with E-state index in [1.54, 1.807) is 34.2 Å². The summed E-state index contributed by atoms with van der Waals surface area (Å²) in [5, 5.41) is 2.85. The normalized spacial score (nSPS) is 14.8. The number of nitrogens with zero attached hydrogens (tertiary/aromatic N) is 3. The zero-order chi connectivity index (χ0) is 22.6. The predicted octanol–water partition coefficient (Wildman–Crippen LogP) is 4.97. The van der Waals surface area contributed by atoms with Gasteiger partial charge < -0.3 is 15.0 Å². The van der Waals surface area contributed by atoms with Gasteiger partial charge in [-0.15, -0.1) is 0 Å². The highest BCUT2D eigenvalue weighted by Crippen LogP contribution is 2.26. The molecule has 1 fully saturated rings. The van der Waals surface area contributed by atoms with Gasteiger partial charge in [-0.2, -0.15) is 0 Å². The summed E-state index contributed by atoms with van der Waals surface area (Å²) in [5.74, 6) is -0.418. The quantitative estimate of drug-likeness (QED) is 0.749. The van der Waals surface area contributed by atoms with Crippen LogP contribution >= 0.6 is 0 Å². The van der Waals surface area contributed by atoms with Gasteiger partial charge in [0.25, 0.3) is 0 Å². The van der Waals surface area contributed by atoms with Gasteiger partial charge >= 0.3 is 12.1 Å². The van der Waals surface area contributed by atoms with Crippen LogP contribution in [0.4, 0.5) is 25.4 Å². The number of urea groups is 1.